The van der Waals surface area contributed by atoms with E-state index in [1.54, 1.807) is 0 Å². The van der Waals surface area contributed by atoms with E-state index in [0.717, 1.165) is 18.7 Å². The highest BCUT2D eigenvalue weighted by molar-refractivity contribution is 4.90. The van der Waals surface area contributed by atoms with E-state index in [-0.39, 0.29) is 0 Å². The van der Waals surface area contributed by atoms with Gasteiger partial charge >= 0.3 is 0 Å². The van der Waals surface area contributed by atoms with Crippen molar-refractivity contribution < 1.29 is 0 Å². The molecule has 0 aromatic carbocycles. The number of hydrogen-bond donors (Lipinski definition) is 0. The smallest absolute Gasteiger partial charge is 0.0824 e. The van der Waals surface area contributed by atoms with E-state index >= 15 is 0 Å². The van der Waals surface area contributed by atoms with Gasteiger partial charge in [0.05, 0.1) is 5.69 Å². The first-order valence-electron chi connectivity index (χ1n) is 7.08. The summed E-state index contributed by atoms with van der Waals surface area (Å²) in [5.41, 5.74) is 1.07. The number of aryl methyl sites for hydroxylation is 2. The van der Waals surface area contributed by atoms with Crippen molar-refractivity contribution >= 4 is 0 Å². The molecule has 0 unspecified atom stereocenters. The molecule has 1 aromatic rings. The fourth-order valence-electron chi connectivity index (χ4n) is 1.01. The van der Waals surface area contributed by atoms with Crippen LogP contribution in [0.5, 0.6) is 0 Å². The molecule has 0 saturated carbocycles. The second-order valence-corrected chi connectivity index (χ2v) is 3.98. The van der Waals surface area contributed by atoms with Gasteiger partial charge in [-0.1, -0.05) is 65.5 Å². The average Bonchev–Trinajstić information content (AvgIpc) is 2.80. The fraction of sp³-hybridized carbons (Fsp3) is 0.857. The highest BCUT2D eigenvalue weighted by Gasteiger charge is 1.92. The highest BCUT2D eigenvalue weighted by atomic mass is 15.4. The van der Waals surface area contributed by atoms with Gasteiger partial charge in [0.15, 0.2) is 0 Å². The van der Waals surface area contributed by atoms with Gasteiger partial charge in [-0.2, -0.15) is 0 Å². The van der Waals surface area contributed by atoms with Crippen LogP contribution in [0.4, 0.5) is 0 Å². The molecular formula is C14H31N3. The third-order valence-electron chi connectivity index (χ3n) is 1.98. The summed E-state index contributed by atoms with van der Waals surface area (Å²) in [6.07, 6.45) is 8.27. The van der Waals surface area contributed by atoms with Crippen molar-refractivity contribution in [2.24, 2.45) is 0 Å². The lowest BCUT2D eigenvalue weighted by molar-refractivity contribution is 0.626. The van der Waals surface area contributed by atoms with Crippen LogP contribution >= 0.6 is 0 Å². The van der Waals surface area contributed by atoms with Crippen LogP contribution in [0, 0.1) is 0 Å². The third kappa shape index (κ3) is 13.1. The van der Waals surface area contributed by atoms with Crippen LogP contribution < -0.4 is 0 Å². The average molecular weight is 241 g/mol. The van der Waals surface area contributed by atoms with Gasteiger partial charge in [0.1, 0.15) is 0 Å². The highest BCUT2D eigenvalue weighted by Crippen LogP contribution is 1.91. The van der Waals surface area contributed by atoms with Crippen molar-refractivity contribution in [3.05, 3.63) is 11.9 Å². The maximum absolute atomic E-state index is 3.92. The number of aromatic nitrogens is 3. The molecule has 0 aliphatic heterocycles. The fourth-order valence-corrected chi connectivity index (χ4v) is 1.01. The van der Waals surface area contributed by atoms with Crippen molar-refractivity contribution in [2.45, 2.75) is 80.2 Å². The van der Waals surface area contributed by atoms with Crippen LogP contribution in [-0.2, 0) is 13.0 Å². The molecule has 1 rings (SSSR count). The molecule has 0 saturated heterocycles. The van der Waals surface area contributed by atoms with Gasteiger partial charge in [-0.3, -0.25) is 4.68 Å². The van der Waals surface area contributed by atoms with E-state index in [2.05, 4.69) is 44.9 Å². The Balaban J connectivity index is 0. The Hall–Kier alpha value is -0.860. The third-order valence-corrected chi connectivity index (χ3v) is 1.98. The first-order valence-corrected chi connectivity index (χ1v) is 7.08. The summed E-state index contributed by atoms with van der Waals surface area (Å²) in [5, 5.41) is 7.79. The zero-order chi connectivity index (χ0) is 13.5. The Morgan fingerprint density at radius 2 is 1.53 bits per heavy atom. The molecule has 0 spiro atoms. The Kier molecular flexibility index (Phi) is 16.5. The van der Waals surface area contributed by atoms with Crippen LogP contribution in [0.1, 0.15) is 72.9 Å². The molecule has 0 amide bonds. The van der Waals surface area contributed by atoms with Gasteiger partial charge in [0, 0.05) is 12.7 Å². The summed E-state index contributed by atoms with van der Waals surface area (Å²) in [5.74, 6) is 0. The number of nitrogens with zero attached hydrogens (tertiary/aromatic N) is 3. The van der Waals surface area contributed by atoms with Crippen molar-refractivity contribution in [1.82, 2.24) is 15.0 Å². The standard InChI is InChI=1S/C6H11N3.C5H12.C3H8/c1-3-6-5-9(4-2)8-7-6;1-3-5-4-2;1-3-2/h5H,3-4H2,1-2H3;3-5H2,1-2H3;3H2,1-2H3. The largest absolute Gasteiger partial charge is 0.253 e. The topological polar surface area (TPSA) is 30.7 Å². The molecular weight excluding hydrogens is 210 g/mol. The molecule has 0 aliphatic rings. The quantitative estimate of drug-likeness (QED) is 0.778. The van der Waals surface area contributed by atoms with Crippen LogP contribution in [-0.4, -0.2) is 15.0 Å². The molecule has 0 fully saturated rings. The Labute approximate surface area is 108 Å². The van der Waals surface area contributed by atoms with Crippen LogP contribution in [0.25, 0.3) is 0 Å². The number of unbranched alkanes of at least 4 members (excludes halogenated alkanes) is 2. The summed E-state index contributed by atoms with van der Waals surface area (Å²) in [6, 6.07) is 0. The minimum atomic E-state index is 0.910. The van der Waals surface area contributed by atoms with Crippen molar-refractivity contribution in [1.29, 1.82) is 0 Å². The number of rotatable bonds is 4. The van der Waals surface area contributed by atoms with Gasteiger partial charge in [-0.05, 0) is 13.3 Å². The molecule has 102 valence electrons. The minimum absolute atomic E-state index is 0.910. The molecule has 0 aliphatic carbocycles. The molecule has 1 heterocycles. The summed E-state index contributed by atoms with van der Waals surface area (Å²) in [7, 11) is 0. The van der Waals surface area contributed by atoms with E-state index in [1.807, 2.05) is 17.8 Å². The number of hydrogen-bond acceptors (Lipinski definition) is 2. The van der Waals surface area contributed by atoms with Crippen molar-refractivity contribution in [3.63, 3.8) is 0 Å². The SMILES string of the molecule is CCC.CCCCC.CCc1cn(CC)nn1. The predicted molar refractivity (Wildman–Crippen MR) is 76.2 cm³/mol. The molecule has 0 N–H and O–H groups in total. The molecule has 1 aromatic heterocycles. The summed E-state index contributed by atoms with van der Waals surface area (Å²) in [4.78, 5) is 0. The normalized spacial score (nSPS) is 8.82. The Bertz CT molecular complexity index is 211. The van der Waals surface area contributed by atoms with E-state index in [1.165, 1.54) is 25.7 Å². The minimum Gasteiger partial charge on any atom is -0.253 e. The first-order chi connectivity index (χ1) is 8.19. The molecule has 3 nitrogen and oxygen atoms in total. The monoisotopic (exact) mass is 241 g/mol. The van der Waals surface area contributed by atoms with E-state index in [4.69, 9.17) is 0 Å². The molecule has 3 heteroatoms. The van der Waals surface area contributed by atoms with Gasteiger partial charge in [-0.15, -0.1) is 5.10 Å². The first kappa shape index (κ1) is 18.5. The second-order valence-electron chi connectivity index (χ2n) is 3.98. The van der Waals surface area contributed by atoms with Gasteiger partial charge in [0.2, 0.25) is 0 Å². The summed E-state index contributed by atoms with van der Waals surface area (Å²) < 4.78 is 1.83. The zero-order valence-corrected chi connectivity index (χ0v) is 12.7. The van der Waals surface area contributed by atoms with Crippen molar-refractivity contribution in [2.75, 3.05) is 0 Å². The lowest BCUT2D eigenvalue weighted by Crippen LogP contribution is -1.93. The summed E-state index contributed by atoms with van der Waals surface area (Å²) >= 11 is 0. The summed E-state index contributed by atoms with van der Waals surface area (Å²) in [6.45, 7) is 13.7. The molecule has 0 bridgehead atoms. The Morgan fingerprint density at radius 1 is 1.00 bits per heavy atom. The van der Waals surface area contributed by atoms with Gasteiger partial charge in [0.25, 0.3) is 0 Å². The Morgan fingerprint density at radius 3 is 1.71 bits per heavy atom. The molecule has 0 radical (unpaired) electrons. The van der Waals surface area contributed by atoms with Crippen LogP contribution in [0.3, 0.4) is 0 Å². The van der Waals surface area contributed by atoms with Gasteiger partial charge < -0.3 is 0 Å². The zero-order valence-electron chi connectivity index (χ0n) is 12.7. The van der Waals surface area contributed by atoms with Crippen molar-refractivity contribution in [3.8, 4) is 0 Å². The van der Waals surface area contributed by atoms with Crippen LogP contribution in [0.15, 0.2) is 6.20 Å². The van der Waals surface area contributed by atoms with E-state index in [9.17, 15) is 0 Å². The lowest BCUT2D eigenvalue weighted by Gasteiger charge is -1.86. The second kappa shape index (κ2) is 15.1. The van der Waals surface area contributed by atoms with Gasteiger partial charge in [-0.25, -0.2) is 0 Å². The molecule has 17 heavy (non-hydrogen) atoms. The lowest BCUT2D eigenvalue weighted by atomic mass is 10.3. The maximum Gasteiger partial charge on any atom is 0.0824 e. The molecule has 0 atom stereocenters. The van der Waals surface area contributed by atoms with E-state index < -0.39 is 0 Å². The van der Waals surface area contributed by atoms with Crippen LogP contribution in [0.2, 0.25) is 0 Å². The predicted octanol–water partition coefficient (Wildman–Crippen LogP) is 4.47. The maximum atomic E-state index is 3.92. The van der Waals surface area contributed by atoms with E-state index in [0.29, 0.717) is 0 Å².